The highest BCUT2D eigenvalue weighted by Gasteiger charge is 2.07. The fraction of sp³-hybridized carbons (Fsp3) is 0.278. The van der Waals surface area contributed by atoms with Crippen LogP contribution in [0, 0.1) is 0 Å². The summed E-state index contributed by atoms with van der Waals surface area (Å²) in [5.41, 5.74) is 2.83. The first-order chi connectivity index (χ1) is 10.6. The average Bonchev–Trinajstić information content (AvgIpc) is 2.54. The molecule has 0 saturated heterocycles. The van der Waals surface area contributed by atoms with Crippen LogP contribution in [0.3, 0.4) is 0 Å². The molecule has 0 aromatic heterocycles. The molecule has 0 spiro atoms. The number of likely N-dealkylation sites (N-methyl/N-ethyl adjacent to an activating group) is 1. The van der Waals surface area contributed by atoms with Crippen molar-refractivity contribution in [3.05, 3.63) is 70.2 Å². The number of methoxy groups -OCH3 is 1. The van der Waals surface area contributed by atoms with Gasteiger partial charge in [-0.05, 0) is 42.8 Å². The zero-order valence-electron chi connectivity index (χ0n) is 13.3. The minimum absolute atomic E-state index is 0. The lowest BCUT2D eigenvalue weighted by molar-refractivity contribution is 0.0600. The lowest BCUT2D eigenvalue weighted by atomic mass is 10.1. The number of rotatable bonds is 6. The van der Waals surface area contributed by atoms with E-state index in [2.05, 4.69) is 11.9 Å². The van der Waals surface area contributed by atoms with Gasteiger partial charge in [0.1, 0.15) is 0 Å². The molecule has 0 aliphatic rings. The zero-order valence-corrected chi connectivity index (χ0v) is 14.9. The maximum atomic E-state index is 11.5. The second kappa shape index (κ2) is 9.56. The molecule has 0 aliphatic carbocycles. The summed E-state index contributed by atoms with van der Waals surface area (Å²) in [5, 5.41) is 0.794. The van der Waals surface area contributed by atoms with E-state index in [1.165, 1.54) is 7.11 Å². The van der Waals surface area contributed by atoms with Crippen LogP contribution in [0.5, 0.6) is 0 Å². The Kier molecular flexibility index (Phi) is 8.10. The van der Waals surface area contributed by atoms with Crippen LogP contribution < -0.4 is 0 Å². The summed E-state index contributed by atoms with van der Waals surface area (Å²) in [7, 11) is 3.46. The van der Waals surface area contributed by atoms with Gasteiger partial charge in [0.15, 0.2) is 0 Å². The van der Waals surface area contributed by atoms with Gasteiger partial charge < -0.3 is 9.64 Å². The molecule has 0 N–H and O–H groups in total. The maximum absolute atomic E-state index is 11.5. The van der Waals surface area contributed by atoms with Crippen LogP contribution in [0.4, 0.5) is 0 Å². The summed E-state index contributed by atoms with van der Waals surface area (Å²) in [6, 6.07) is 15.4. The summed E-state index contributed by atoms with van der Waals surface area (Å²) in [5.74, 6) is -0.300. The predicted octanol–water partition coefficient (Wildman–Crippen LogP) is 4.22. The fourth-order valence-corrected chi connectivity index (χ4v) is 2.48. The molecule has 5 heteroatoms. The first-order valence-corrected chi connectivity index (χ1v) is 7.57. The van der Waals surface area contributed by atoms with Crippen molar-refractivity contribution < 1.29 is 9.53 Å². The second-order valence-electron chi connectivity index (χ2n) is 5.27. The quantitative estimate of drug-likeness (QED) is 0.728. The van der Waals surface area contributed by atoms with Crippen molar-refractivity contribution >= 4 is 30.0 Å². The number of esters is 1. The highest BCUT2D eigenvalue weighted by atomic mass is 35.5. The van der Waals surface area contributed by atoms with E-state index in [0.29, 0.717) is 5.56 Å². The lowest BCUT2D eigenvalue weighted by Crippen LogP contribution is -2.21. The molecular weight excluding hydrogens is 333 g/mol. The first-order valence-electron chi connectivity index (χ1n) is 7.19. The van der Waals surface area contributed by atoms with Gasteiger partial charge in [-0.1, -0.05) is 41.9 Å². The monoisotopic (exact) mass is 353 g/mol. The number of hydrogen-bond donors (Lipinski definition) is 0. The van der Waals surface area contributed by atoms with Crippen LogP contribution in [-0.4, -0.2) is 31.6 Å². The third kappa shape index (κ3) is 5.87. The third-order valence-corrected chi connectivity index (χ3v) is 3.90. The number of nitrogens with zero attached hydrogens (tertiary/aromatic N) is 1. The van der Waals surface area contributed by atoms with E-state index in [1.54, 1.807) is 6.07 Å². The van der Waals surface area contributed by atoms with Crippen molar-refractivity contribution in [2.45, 2.75) is 13.0 Å². The summed E-state index contributed by atoms with van der Waals surface area (Å²) in [6.07, 6.45) is 0.867. The van der Waals surface area contributed by atoms with Crippen LogP contribution in [0.25, 0.3) is 0 Å². The zero-order chi connectivity index (χ0) is 15.9. The topological polar surface area (TPSA) is 29.5 Å². The molecule has 124 valence electrons. The van der Waals surface area contributed by atoms with Crippen LogP contribution in [0.2, 0.25) is 5.02 Å². The molecular formula is C18H21Cl2NO2. The molecule has 0 saturated carbocycles. The molecule has 0 aliphatic heterocycles. The molecule has 0 heterocycles. The van der Waals surface area contributed by atoms with E-state index in [-0.39, 0.29) is 18.4 Å². The van der Waals surface area contributed by atoms with E-state index in [0.717, 1.165) is 35.7 Å². The van der Waals surface area contributed by atoms with E-state index in [9.17, 15) is 4.79 Å². The smallest absolute Gasteiger partial charge is 0.337 e. The lowest BCUT2D eigenvalue weighted by Gasteiger charge is -2.17. The van der Waals surface area contributed by atoms with Crippen molar-refractivity contribution in [2.24, 2.45) is 0 Å². The fourth-order valence-electron chi connectivity index (χ4n) is 2.29. The Balaban J connectivity index is 0.00000264. The molecule has 0 unspecified atom stereocenters. The number of halogens is 2. The number of carbonyl (C=O) groups is 1. The number of hydrogen-bond acceptors (Lipinski definition) is 3. The molecule has 2 aromatic rings. The van der Waals surface area contributed by atoms with Gasteiger partial charge in [0, 0.05) is 18.1 Å². The van der Waals surface area contributed by atoms with Crippen molar-refractivity contribution in [3.8, 4) is 0 Å². The minimum Gasteiger partial charge on any atom is -0.465 e. The standard InChI is InChI=1S/C18H20ClNO2.ClH/c1-20(13-16-7-3-4-9-17(16)19)11-10-14-6-5-8-15(12-14)18(21)22-2;/h3-9,12H,10-11,13H2,1-2H3;1H. The van der Waals surface area contributed by atoms with Crippen molar-refractivity contribution in [3.63, 3.8) is 0 Å². The molecule has 3 nitrogen and oxygen atoms in total. The highest BCUT2D eigenvalue weighted by molar-refractivity contribution is 6.31. The van der Waals surface area contributed by atoms with Gasteiger partial charge in [-0.2, -0.15) is 0 Å². The normalized spacial score (nSPS) is 10.3. The Hall–Kier alpha value is -1.55. The van der Waals surface area contributed by atoms with E-state index in [1.807, 2.05) is 42.5 Å². The SMILES string of the molecule is COC(=O)c1cccc(CCN(C)Cc2ccccc2Cl)c1.Cl. The molecule has 0 fully saturated rings. The van der Waals surface area contributed by atoms with Gasteiger partial charge in [-0.25, -0.2) is 4.79 Å². The first kappa shape index (κ1) is 19.5. The van der Waals surface area contributed by atoms with E-state index >= 15 is 0 Å². The van der Waals surface area contributed by atoms with Crippen molar-refractivity contribution in [1.29, 1.82) is 0 Å². The summed E-state index contributed by atoms with van der Waals surface area (Å²) < 4.78 is 4.75. The van der Waals surface area contributed by atoms with Gasteiger partial charge in [-0.15, -0.1) is 12.4 Å². The van der Waals surface area contributed by atoms with Crippen LogP contribution in [0.15, 0.2) is 48.5 Å². The Labute approximate surface area is 148 Å². The average molecular weight is 354 g/mol. The Morgan fingerprint density at radius 3 is 2.61 bits per heavy atom. The van der Waals surface area contributed by atoms with Crippen molar-refractivity contribution in [1.82, 2.24) is 4.90 Å². The summed E-state index contributed by atoms with van der Waals surface area (Å²) in [6.45, 7) is 1.69. The molecule has 23 heavy (non-hydrogen) atoms. The number of ether oxygens (including phenoxy) is 1. The van der Waals surface area contributed by atoms with E-state index in [4.69, 9.17) is 16.3 Å². The summed E-state index contributed by atoms with van der Waals surface area (Å²) in [4.78, 5) is 13.7. The van der Waals surface area contributed by atoms with Gasteiger partial charge in [-0.3, -0.25) is 0 Å². The second-order valence-corrected chi connectivity index (χ2v) is 5.68. The predicted molar refractivity (Wildman–Crippen MR) is 96.5 cm³/mol. The maximum Gasteiger partial charge on any atom is 0.337 e. The largest absolute Gasteiger partial charge is 0.465 e. The van der Waals surface area contributed by atoms with Crippen LogP contribution >= 0.6 is 24.0 Å². The Bertz CT molecular complexity index is 646. The van der Waals surface area contributed by atoms with Gasteiger partial charge in [0.2, 0.25) is 0 Å². The van der Waals surface area contributed by atoms with Gasteiger partial charge in [0.05, 0.1) is 12.7 Å². The van der Waals surface area contributed by atoms with Gasteiger partial charge in [0.25, 0.3) is 0 Å². The number of carbonyl (C=O) groups excluding carboxylic acids is 1. The Morgan fingerprint density at radius 2 is 1.91 bits per heavy atom. The molecule has 2 aromatic carbocycles. The number of benzene rings is 2. The molecule has 2 rings (SSSR count). The minimum atomic E-state index is -0.300. The van der Waals surface area contributed by atoms with Crippen molar-refractivity contribution in [2.75, 3.05) is 20.7 Å². The van der Waals surface area contributed by atoms with Crippen LogP contribution in [-0.2, 0) is 17.7 Å². The van der Waals surface area contributed by atoms with Crippen LogP contribution in [0.1, 0.15) is 21.5 Å². The van der Waals surface area contributed by atoms with E-state index < -0.39 is 0 Å². The van der Waals surface area contributed by atoms with Gasteiger partial charge >= 0.3 is 5.97 Å². The summed E-state index contributed by atoms with van der Waals surface area (Å²) >= 11 is 6.18. The molecule has 0 amide bonds. The third-order valence-electron chi connectivity index (χ3n) is 3.53. The Morgan fingerprint density at radius 1 is 1.17 bits per heavy atom. The highest BCUT2D eigenvalue weighted by Crippen LogP contribution is 2.16. The molecule has 0 radical (unpaired) electrons. The molecule has 0 atom stereocenters. The molecule has 0 bridgehead atoms.